The topological polar surface area (TPSA) is 61.8 Å². The van der Waals surface area contributed by atoms with Crippen molar-refractivity contribution < 1.29 is 14.6 Å². The molecule has 2 saturated heterocycles. The molecule has 2 amide bonds. The number of carbonyl (C=O) groups excluding carboxylic acids is 1. The van der Waals surface area contributed by atoms with Crippen LogP contribution in [-0.2, 0) is 4.74 Å². The van der Waals surface area contributed by atoms with E-state index < -0.39 is 0 Å². The number of rotatable bonds is 4. The van der Waals surface area contributed by atoms with Gasteiger partial charge < -0.3 is 20.1 Å². The maximum Gasteiger partial charge on any atom is 0.317 e. The lowest BCUT2D eigenvalue weighted by molar-refractivity contribution is 0.0117. The van der Waals surface area contributed by atoms with Crippen LogP contribution in [0.3, 0.4) is 0 Å². The molecule has 0 aromatic carbocycles. The fraction of sp³-hybridized carbons (Fsp3) is 0.929. The summed E-state index contributed by atoms with van der Waals surface area (Å²) in [6, 6.07) is 0.0344. The first kappa shape index (κ1) is 14.6. The van der Waals surface area contributed by atoms with Crippen molar-refractivity contribution in [2.75, 3.05) is 32.8 Å². The molecule has 2 rings (SSSR count). The Bertz CT molecular complexity index is 272. The minimum atomic E-state index is 0.0344. The number of likely N-dealkylation sites (tertiary alicyclic amines) is 1. The summed E-state index contributed by atoms with van der Waals surface area (Å²) >= 11 is 0. The molecule has 19 heavy (non-hydrogen) atoms. The summed E-state index contributed by atoms with van der Waals surface area (Å²) in [4.78, 5) is 13.8. The van der Waals surface area contributed by atoms with Gasteiger partial charge in [-0.1, -0.05) is 0 Å². The van der Waals surface area contributed by atoms with E-state index in [9.17, 15) is 4.79 Å². The number of nitrogens with zero attached hydrogens (tertiary/aromatic N) is 1. The van der Waals surface area contributed by atoms with Crippen LogP contribution in [0.15, 0.2) is 0 Å². The summed E-state index contributed by atoms with van der Waals surface area (Å²) in [5.74, 6) is 0.375. The van der Waals surface area contributed by atoms with Crippen molar-refractivity contribution in [3.05, 3.63) is 0 Å². The molecule has 2 heterocycles. The number of aliphatic hydroxyl groups is 1. The number of ether oxygens (including phenoxy) is 1. The minimum Gasteiger partial charge on any atom is -0.396 e. The average Bonchev–Trinajstić information content (AvgIpc) is 2.48. The minimum absolute atomic E-state index is 0.0344. The van der Waals surface area contributed by atoms with Gasteiger partial charge in [0.2, 0.25) is 0 Å². The lowest BCUT2D eigenvalue weighted by Gasteiger charge is -2.31. The molecule has 0 radical (unpaired) electrons. The van der Waals surface area contributed by atoms with Gasteiger partial charge in [-0.3, -0.25) is 0 Å². The Morgan fingerprint density at radius 1 is 1.26 bits per heavy atom. The molecule has 1 atom stereocenters. The van der Waals surface area contributed by atoms with Gasteiger partial charge in [0.1, 0.15) is 0 Å². The van der Waals surface area contributed by atoms with Crippen molar-refractivity contribution in [2.24, 2.45) is 5.92 Å². The summed E-state index contributed by atoms with van der Waals surface area (Å²) in [5.41, 5.74) is 0. The predicted octanol–water partition coefficient (Wildman–Crippen LogP) is 1.36. The van der Waals surface area contributed by atoms with Gasteiger partial charge in [-0.15, -0.1) is 0 Å². The maximum atomic E-state index is 11.9. The molecule has 5 heteroatoms. The predicted molar refractivity (Wildman–Crippen MR) is 73.0 cm³/mol. The Morgan fingerprint density at radius 2 is 2.05 bits per heavy atom. The van der Waals surface area contributed by atoms with E-state index in [1.165, 1.54) is 12.8 Å². The van der Waals surface area contributed by atoms with Crippen LogP contribution in [-0.4, -0.2) is 55.0 Å². The third-order valence-corrected chi connectivity index (χ3v) is 4.18. The fourth-order valence-corrected chi connectivity index (χ4v) is 2.81. The van der Waals surface area contributed by atoms with Crippen LogP contribution in [0.25, 0.3) is 0 Å². The zero-order valence-electron chi connectivity index (χ0n) is 11.6. The highest BCUT2D eigenvalue weighted by atomic mass is 16.5. The molecular weight excluding hydrogens is 244 g/mol. The lowest BCUT2D eigenvalue weighted by atomic mass is 9.98. The van der Waals surface area contributed by atoms with Crippen LogP contribution in [0.1, 0.15) is 38.5 Å². The quantitative estimate of drug-likeness (QED) is 0.811. The van der Waals surface area contributed by atoms with Crippen LogP contribution < -0.4 is 5.32 Å². The molecule has 1 unspecified atom stereocenters. The van der Waals surface area contributed by atoms with Crippen LogP contribution in [0.5, 0.6) is 0 Å². The molecule has 2 aliphatic heterocycles. The van der Waals surface area contributed by atoms with E-state index in [0.29, 0.717) is 18.6 Å². The molecular formula is C14H26N2O3. The van der Waals surface area contributed by atoms with Gasteiger partial charge in [-0.25, -0.2) is 4.79 Å². The van der Waals surface area contributed by atoms with Crippen LogP contribution in [0.2, 0.25) is 0 Å². The molecule has 0 bridgehead atoms. The molecule has 2 aliphatic rings. The number of piperidine rings is 1. The Morgan fingerprint density at radius 3 is 2.68 bits per heavy atom. The van der Waals surface area contributed by atoms with Crippen LogP contribution in [0.4, 0.5) is 4.79 Å². The average molecular weight is 270 g/mol. The second kappa shape index (κ2) is 7.70. The second-order valence-electron chi connectivity index (χ2n) is 5.62. The smallest absolute Gasteiger partial charge is 0.317 e. The SMILES string of the molecule is O=C(NCCC1CCCCO1)N1CCC(CO)CC1. The lowest BCUT2D eigenvalue weighted by Crippen LogP contribution is -2.45. The van der Waals surface area contributed by atoms with E-state index in [1.807, 2.05) is 4.90 Å². The van der Waals surface area contributed by atoms with E-state index in [-0.39, 0.29) is 12.6 Å². The first-order valence-corrected chi connectivity index (χ1v) is 7.55. The highest BCUT2D eigenvalue weighted by Crippen LogP contribution is 2.17. The summed E-state index contributed by atoms with van der Waals surface area (Å²) in [6.07, 6.45) is 6.60. The number of nitrogens with one attached hydrogen (secondary N) is 1. The van der Waals surface area contributed by atoms with Gasteiger partial charge >= 0.3 is 6.03 Å². The fourth-order valence-electron chi connectivity index (χ4n) is 2.81. The van der Waals surface area contributed by atoms with E-state index in [1.54, 1.807) is 0 Å². The van der Waals surface area contributed by atoms with E-state index >= 15 is 0 Å². The molecule has 0 aromatic rings. The molecule has 0 aromatic heterocycles. The zero-order valence-corrected chi connectivity index (χ0v) is 11.6. The normalized spacial score (nSPS) is 25.3. The van der Waals surface area contributed by atoms with Gasteiger partial charge in [-0.05, 0) is 44.4 Å². The highest BCUT2D eigenvalue weighted by molar-refractivity contribution is 5.74. The number of carbonyl (C=O) groups is 1. The second-order valence-corrected chi connectivity index (χ2v) is 5.62. The molecule has 110 valence electrons. The van der Waals surface area contributed by atoms with Gasteiger partial charge in [0.25, 0.3) is 0 Å². The number of urea groups is 1. The summed E-state index contributed by atoms with van der Waals surface area (Å²) in [6.45, 7) is 3.33. The van der Waals surface area contributed by atoms with E-state index in [0.717, 1.165) is 45.4 Å². The van der Waals surface area contributed by atoms with Gasteiger partial charge in [-0.2, -0.15) is 0 Å². The van der Waals surface area contributed by atoms with Gasteiger partial charge in [0, 0.05) is 32.8 Å². The Balaban J connectivity index is 1.59. The molecule has 2 fully saturated rings. The van der Waals surface area contributed by atoms with Crippen molar-refractivity contribution in [3.8, 4) is 0 Å². The number of aliphatic hydroxyl groups excluding tert-OH is 1. The molecule has 5 nitrogen and oxygen atoms in total. The number of hydrogen-bond donors (Lipinski definition) is 2. The summed E-state index contributed by atoms with van der Waals surface area (Å²) < 4.78 is 5.64. The van der Waals surface area contributed by atoms with Gasteiger partial charge in [0.05, 0.1) is 6.10 Å². The van der Waals surface area contributed by atoms with Crippen molar-refractivity contribution >= 4 is 6.03 Å². The third kappa shape index (κ3) is 4.66. The summed E-state index contributed by atoms with van der Waals surface area (Å²) in [7, 11) is 0. The standard InChI is InChI=1S/C14H26N2O3/c17-11-12-5-8-16(9-6-12)14(18)15-7-4-13-3-1-2-10-19-13/h12-13,17H,1-11H2,(H,15,18). The molecule has 0 aliphatic carbocycles. The van der Waals surface area contributed by atoms with E-state index in [2.05, 4.69) is 5.32 Å². The van der Waals surface area contributed by atoms with Crippen LogP contribution >= 0.6 is 0 Å². The Hall–Kier alpha value is -0.810. The molecule has 0 saturated carbocycles. The van der Waals surface area contributed by atoms with Crippen molar-refractivity contribution in [1.29, 1.82) is 0 Å². The Labute approximate surface area is 115 Å². The Kier molecular flexibility index (Phi) is 5.92. The van der Waals surface area contributed by atoms with Crippen molar-refractivity contribution in [2.45, 2.75) is 44.6 Å². The van der Waals surface area contributed by atoms with Crippen LogP contribution in [0, 0.1) is 5.92 Å². The molecule has 2 N–H and O–H groups in total. The summed E-state index contributed by atoms with van der Waals surface area (Å²) in [5, 5.41) is 12.0. The largest absolute Gasteiger partial charge is 0.396 e. The number of amides is 2. The maximum absolute atomic E-state index is 11.9. The molecule has 0 spiro atoms. The monoisotopic (exact) mass is 270 g/mol. The van der Waals surface area contributed by atoms with Crippen molar-refractivity contribution in [3.63, 3.8) is 0 Å². The zero-order chi connectivity index (χ0) is 13.5. The first-order valence-electron chi connectivity index (χ1n) is 7.55. The van der Waals surface area contributed by atoms with Gasteiger partial charge in [0.15, 0.2) is 0 Å². The van der Waals surface area contributed by atoms with Crippen molar-refractivity contribution in [1.82, 2.24) is 10.2 Å². The van der Waals surface area contributed by atoms with E-state index in [4.69, 9.17) is 9.84 Å². The number of hydrogen-bond acceptors (Lipinski definition) is 3. The highest BCUT2D eigenvalue weighted by Gasteiger charge is 2.22. The first-order chi connectivity index (χ1) is 9.29. The third-order valence-electron chi connectivity index (χ3n) is 4.18.